The molecule has 0 spiro atoms. The minimum absolute atomic E-state index is 0.00728. The van der Waals surface area contributed by atoms with Crippen molar-refractivity contribution in [2.75, 3.05) is 5.75 Å². The van der Waals surface area contributed by atoms with Gasteiger partial charge in [-0.05, 0) is 25.0 Å². The summed E-state index contributed by atoms with van der Waals surface area (Å²) in [5.74, 6) is -4.74. The van der Waals surface area contributed by atoms with Gasteiger partial charge in [-0.3, -0.25) is 19.2 Å². The van der Waals surface area contributed by atoms with Gasteiger partial charge in [0, 0.05) is 35.7 Å². The van der Waals surface area contributed by atoms with Crippen LogP contribution < -0.4 is 27.4 Å². The number of amides is 4. The Labute approximate surface area is 218 Å². The second-order valence-electron chi connectivity index (χ2n) is 8.54. The highest BCUT2D eigenvalue weighted by Crippen LogP contribution is 2.19. The first-order chi connectivity index (χ1) is 17.4. The highest BCUT2D eigenvalue weighted by atomic mass is 32.1. The van der Waals surface area contributed by atoms with Gasteiger partial charge in [0.1, 0.15) is 24.2 Å². The number of aromatic nitrogens is 1. The summed E-state index contributed by atoms with van der Waals surface area (Å²) < 4.78 is 0. The number of hydrogen-bond donors (Lipinski definition) is 9. The predicted molar refractivity (Wildman–Crippen MR) is 137 cm³/mol. The van der Waals surface area contributed by atoms with Gasteiger partial charge in [-0.25, -0.2) is 4.79 Å². The average Bonchev–Trinajstić information content (AvgIpc) is 3.26. The zero-order valence-electron chi connectivity index (χ0n) is 20.1. The number of hydrogen-bond acceptors (Lipinski definition) is 8. The van der Waals surface area contributed by atoms with Crippen molar-refractivity contribution in [1.29, 1.82) is 0 Å². The fraction of sp³-hybridized carbons (Fsp3) is 0.435. The molecule has 202 valence electrons. The molecule has 2 rings (SSSR count). The van der Waals surface area contributed by atoms with Gasteiger partial charge in [0.15, 0.2) is 0 Å². The van der Waals surface area contributed by atoms with Crippen LogP contribution in [0.3, 0.4) is 0 Å². The molecule has 0 radical (unpaired) electrons. The largest absolute Gasteiger partial charge is 0.480 e. The molecule has 0 aliphatic heterocycles. The number of carbonyl (C=O) groups is 5. The van der Waals surface area contributed by atoms with E-state index in [0.29, 0.717) is 5.56 Å². The first-order valence-electron chi connectivity index (χ1n) is 11.5. The Morgan fingerprint density at radius 1 is 1.00 bits per heavy atom. The Hall–Kier alpha value is -3.62. The molecule has 0 aliphatic rings. The van der Waals surface area contributed by atoms with E-state index in [-0.39, 0.29) is 25.0 Å². The zero-order valence-corrected chi connectivity index (χ0v) is 21.0. The molecule has 0 bridgehead atoms. The molecule has 1 aromatic heterocycles. The lowest BCUT2D eigenvalue weighted by atomic mass is 10.0. The van der Waals surface area contributed by atoms with Crippen LogP contribution in [-0.2, 0) is 30.4 Å². The molecule has 2 aromatic rings. The van der Waals surface area contributed by atoms with Crippen LogP contribution in [0.15, 0.2) is 30.5 Å². The molecule has 0 aliphatic carbocycles. The van der Waals surface area contributed by atoms with Crippen LogP contribution in [-0.4, -0.2) is 80.8 Å². The second kappa shape index (κ2) is 13.6. The standard InChI is InChI=1S/C23H32N6O7S/c1-11(30)19(25)22(34)28-16(8-12-9-26-14-5-3-2-4-13(12)14)21(33)27-15(6-7-18(24)31)20(32)29-17(10-37)23(35)36/h2-5,9,11,15-17,19,26,30,37H,6-8,10,25H2,1H3,(H2,24,31)(H,27,33)(H,28,34)(H,29,32)(H,35,36)/t11-,15+,16+,17+,19+/m1/s1. The number of fused-ring (bicyclic) bond motifs is 1. The van der Waals surface area contributed by atoms with Gasteiger partial charge in [0.2, 0.25) is 23.6 Å². The molecular formula is C23H32N6O7S. The number of H-pyrrole nitrogens is 1. The van der Waals surface area contributed by atoms with Crippen molar-refractivity contribution in [3.63, 3.8) is 0 Å². The molecule has 0 saturated carbocycles. The summed E-state index contributed by atoms with van der Waals surface area (Å²) in [5, 5.41) is 26.9. The highest BCUT2D eigenvalue weighted by molar-refractivity contribution is 7.80. The molecule has 10 N–H and O–H groups in total. The summed E-state index contributed by atoms with van der Waals surface area (Å²) in [7, 11) is 0. The fourth-order valence-corrected chi connectivity index (χ4v) is 3.75. The maximum absolute atomic E-state index is 13.3. The van der Waals surface area contributed by atoms with Crippen molar-refractivity contribution in [3.05, 3.63) is 36.0 Å². The van der Waals surface area contributed by atoms with E-state index in [0.717, 1.165) is 10.9 Å². The lowest BCUT2D eigenvalue weighted by molar-refractivity contribution is -0.141. The number of rotatable bonds is 14. The minimum atomic E-state index is -1.34. The van der Waals surface area contributed by atoms with Crippen LogP contribution in [0.4, 0.5) is 0 Å². The number of aliphatic hydroxyl groups excluding tert-OH is 1. The van der Waals surface area contributed by atoms with Gasteiger partial charge < -0.3 is 42.6 Å². The van der Waals surface area contributed by atoms with Crippen LogP contribution in [0.2, 0.25) is 0 Å². The lowest BCUT2D eigenvalue weighted by Crippen LogP contribution is -2.58. The van der Waals surface area contributed by atoms with Crippen molar-refractivity contribution in [2.24, 2.45) is 11.5 Å². The summed E-state index contributed by atoms with van der Waals surface area (Å²) >= 11 is 3.90. The molecule has 0 fully saturated rings. The predicted octanol–water partition coefficient (Wildman–Crippen LogP) is -1.85. The van der Waals surface area contributed by atoms with Gasteiger partial charge in [-0.1, -0.05) is 18.2 Å². The van der Waals surface area contributed by atoms with Crippen molar-refractivity contribution >= 4 is 53.1 Å². The normalized spacial score (nSPS) is 15.1. The van der Waals surface area contributed by atoms with Gasteiger partial charge in [-0.2, -0.15) is 12.6 Å². The molecule has 4 amide bonds. The molecule has 5 atom stereocenters. The first-order valence-corrected chi connectivity index (χ1v) is 12.1. The number of carboxylic acids is 1. The fourth-order valence-electron chi connectivity index (χ4n) is 3.50. The number of thiol groups is 1. The third kappa shape index (κ3) is 8.48. The second-order valence-corrected chi connectivity index (χ2v) is 8.90. The quantitative estimate of drug-likeness (QED) is 0.124. The summed E-state index contributed by atoms with van der Waals surface area (Å²) in [6.07, 6.45) is -0.0179. The van der Waals surface area contributed by atoms with E-state index in [1.165, 1.54) is 6.92 Å². The van der Waals surface area contributed by atoms with E-state index in [4.69, 9.17) is 11.5 Å². The van der Waals surface area contributed by atoms with Crippen LogP contribution >= 0.6 is 12.6 Å². The number of aliphatic carboxylic acids is 1. The number of nitrogens with two attached hydrogens (primary N) is 2. The number of primary amides is 1. The van der Waals surface area contributed by atoms with Crippen molar-refractivity contribution in [2.45, 2.75) is 56.5 Å². The Balaban J connectivity index is 2.31. The zero-order chi connectivity index (χ0) is 27.7. The number of carbonyl (C=O) groups excluding carboxylic acids is 4. The number of para-hydroxylation sites is 1. The number of carboxylic acid groups (broad SMARTS) is 1. The van der Waals surface area contributed by atoms with E-state index in [1.807, 2.05) is 18.2 Å². The Kier molecular flexibility index (Phi) is 10.9. The van der Waals surface area contributed by atoms with Gasteiger partial charge in [0.05, 0.1) is 6.10 Å². The smallest absolute Gasteiger partial charge is 0.327 e. The third-order valence-corrected chi connectivity index (χ3v) is 6.03. The summed E-state index contributed by atoms with van der Waals surface area (Å²) in [5.41, 5.74) is 12.4. The topological polar surface area (TPSA) is 230 Å². The molecular weight excluding hydrogens is 504 g/mol. The number of benzene rings is 1. The van der Waals surface area contributed by atoms with Crippen LogP contribution in [0, 0.1) is 0 Å². The maximum Gasteiger partial charge on any atom is 0.327 e. The molecule has 14 heteroatoms. The van der Waals surface area contributed by atoms with E-state index in [2.05, 4.69) is 33.6 Å². The summed E-state index contributed by atoms with van der Waals surface area (Å²) in [4.78, 5) is 64.4. The average molecular weight is 537 g/mol. The highest BCUT2D eigenvalue weighted by Gasteiger charge is 2.31. The van der Waals surface area contributed by atoms with E-state index >= 15 is 0 Å². The van der Waals surface area contributed by atoms with E-state index < -0.39 is 59.9 Å². The molecule has 1 heterocycles. The Morgan fingerprint density at radius 3 is 2.19 bits per heavy atom. The summed E-state index contributed by atoms with van der Waals surface area (Å²) in [6.45, 7) is 1.32. The van der Waals surface area contributed by atoms with E-state index in [1.54, 1.807) is 12.3 Å². The SMILES string of the molecule is C[C@@H](O)[C@H](N)C(=O)N[C@@H](Cc1c[nH]c2ccccc12)C(=O)N[C@@H](CCC(N)=O)C(=O)N[C@@H](CS)C(=O)O. The van der Waals surface area contributed by atoms with Crippen molar-refractivity contribution in [3.8, 4) is 0 Å². The molecule has 1 aromatic carbocycles. The lowest BCUT2D eigenvalue weighted by Gasteiger charge is -2.25. The van der Waals surface area contributed by atoms with Gasteiger partial charge in [0.25, 0.3) is 0 Å². The minimum Gasteiger partial charge on any atom is -0.480 e. The van der Waals surface area contributed by atoms with Crippen LogP contribution in [0.1, 0.15) is 25.3 Å². The Morgan fingerprint density at radius 2 is 1.59 bits per heavy atom. The Bertz CT molecular complexity index is 1140. The third-order valence-electron chi connectivity index (χ3n) is 5.66. The molecule has 0 unspecified atom stereocenters. The van der Waals surface area contributed by atoms with Crippen molar-refractivity contribution in [1.82, 2.24) is 20.9 Å². The van der Waals surface area contributed by atoms with Gasteiger partial charge in [-0.15, -0.1) is 0 Å². The first kappa shape index (κ1) is 29.6. The summed E-state index contributed by atoms with van der Waals surface area (Å²) in [6, 6.07) is 2.06. The van der Waals surface area contributed by atoms with E-state index in [9.17, 15) is 34.2 Å². The number of aliphatic hydroxyl groups is 1. The molecule has 13 nitrogen and oxygen atoms in total. The maximum atomic E-state index is 13.3. The van der Waals surface area contributed by atoms with Crippen LogP contribution in [0.25, 0.3) is 10.9 Å². The number of nitrogens with one attached hydrogen (secondary N) is 4. The molecule has 0 saturated heterocycles. The van der Waals surface area contributed by atoms with Crippen LogP contribution in [0.5, 0.6) is 0 Å². The van der Waals surface area contributed by atoms with Crippen molar-refractivity contribution < 1.29 is 34.2 Å². The van der Waals surface area contributed by atoms with Gasteiger partial charge >= 0.3 is 5.97 Å². The monoisotopic (exact) mass is 536 g/mol. The number of aromatic amines is 1. The molecule has 37 heavy (non-hydrogen) atoms.